The summed E-state index contributed by atoms with van der Waals surface area (Å²) in [4.78, 5) is 26.3. The van der Waals surface area contributed by atoms with Gasteiger partial charge in [-0.2, -0.15) is 0 Å². The minimum Gasteiger partial charge on any atom is -0.343 e. The van der Waals surface area contributed by atoms with E-state index >= 15 is 0 Å². The van der Waals surface area contributed by atoms with Crippen LogP contribution in [0.4, 0.5) is 0 Å². The van der Waals surface area contributed by atoms with Gasteiger partial charge in [0, 0.05) is 6.54 Å². The molecule has 1 aliphatic carbocycles. The van der Waals surface area contributed by atoms with E-state index < -0.39 is 0 Å². The number of nitrogens with zero attached hydrogens (tertiary/aromatic N) is 1. The highest BCUT2D eigenvalue weighted by Gasteiger charge is 2.40. The number of nitrogens with one attached hydrogen (secondary N) is 1. The summed E-state index contributed by atoms with van der Waals surface area (Å²) in [6.45, 7) is 6.48. The number of amides is 2. The summed E-state index contributed by atoms with van der Waals surface area (Å²) in [6, 6.07) is -0.698. The second-order valence-electron chi connectivity index (χ2n) is 6.06. The largest absolute Gasteiger partial charge is 0.343 e. The maximum absolute atomic E-state index is 12.4. The van der Waals surface area contributed by atoms with E-state index in [0.717, 1.165) is 19.3 Å². The molecule has 1 heterocycles. The van der Waals surface area contributed by atoms with Crippen molar-refractivity contribution in [1.82, 2.24) is 10.2 Å². The Hall–Kier alpha value is -1.32. The predicted molar refractivity (Wildman–Crippen MR) is 74.4 cm³/mol. The van der Waals surface area contributed by atoms with Crippen molar-refractivity contribution in [1.29, 1.82) is 0 Å². The van der Waals surface area contributed by atoms with Crippen molar-refractivity contribution in [3.05, 3.63) is 12.2 Å². The van der Waals surface area contributed by atoms with E-state index in [2.05, 4.69) is 17.5 Å². The summed E-state index contributed by atoms with van der Waals surface area (Å²) in [5.41, 5.74) is 0. The van der Waals surface area contributed by atoms with Gasteiger partial charge in [-0.05, 0) is 38.0 Å². The number of hydrogen-bond donors (Lipinski definition) is 1. The lowest BCUT2D eigenvalue weighted by Gasteiger charge is -2.41. The van der Waals surface area contributed by atoms with Crippen LogP contribution in [-0.2, 0) is 9.59 Å². The monoisotopic (exact) mass is 264 g/mol. The van der Waals surface area contributed by atoms with Crippen LogP contribution in [0.15, 0.2) is 12.2 Å². The highest BCUT2D eigenvalue weighted by Crippen LogP contribution is 2.24. The lowest BCUT2D eigenvalue weighted by Crippen LogP contribution is -2.64. The molecule has 1 saturated heterocycles. The van der Waals surface area contributed by atoms with Gasteiger partial charge in [0.15, 0.2) is 0 Å². The second-order valence-corrected chi connectivity index (χ2v) is 6.06. The van der Waals surface area contributed by atoms with Crippen LogP contribution in [-0.4, -0.2) is 35.3 Å². The van der Waals surface area contributed by atoms with Crippen LogP contribution >= 0.6 is 0 Å². The Bertz CT molecular complexity index is 390. The third kappa shape index (κ3) is 2.99. The van der Waals surface area contributed by atoms with E-state index in [1.54, 1.807) is 6.92 Å². The van der Waals surface area contributed by atoms with Crippen LogP contribution in [0.3, 0.4) is 0 Å². The number of allylic oxidation sites excluding steroid dienone is 2. The zero-order valence-corrected chi connectivity index (χ0v) is 12.1. The quantitative estimate of drug-likeness (QED) is 0.789. The van der Waals surface area contributed by atoms with Gasteiger partial charge in [0.25, 0.3) is 0 Å². The highest BCUT2D eigenvalue weighted by molar-refractivity contribution is 5.96. The Labute approximate surface area is 115 Å². The van der Waals surface area contributed by atoms with E-state index in [1.807, 2.05) is 18.7 Å². The van der Waals surface area contributed by atoms with Gasteiger partial charge < -0.3 is 10.2 Å². The fourth-order valence-corrected chi connectivity index (χ4v) is 3.05. The topological polar surface area (TPSA) is 49.4 Å². The van der Waals surface area contributed by atoms with Crippen LogP contribution in [0, 0.1) is 11.8 Å². The van der Waals surface area contributed by atoms with Crippen LogP contribution in [0.1, 0.15) is 40.0 Å². The molecule has 19 heavy (non-hydrogen) atoms. The van der Waals surface area contributed by atoms with Gasteiger partial charge in [-0.3, -0.25) is 9.59 Å². The van der Waals surface area contributed by atoms with Crippen molar-refractivity contribution in [3.8, 4) is 0 Å². The average molecular weight is 264 g/mol. The SMILES string of the molecule is CC1NC(=O)C(C(C)C)N(CC2CC=CCC2)C1=O. The van der Waals surface area contributed by atoms with Crippen molar-refractivity contribution in [2.24, 2.45) is 11.8 Å². The van der Waals surface area contributed by atoms with E-state index in [0.29, 0.717) is 12.5 Å². The third-order valence-electron chi connectivity index (χ3n) is 4.08. The van der Waals surface area contributed by atoms with Crippen LogP contribution in [0.5, 0.6) is 0 Å². The average Bonchev–Trinajstić information content (AvgIpc) is 2.36. The molecule has 1 fully saturated rings. The molecule has 3 atom stereocenters. The number of rotatable bonds is 3. The molecule has 2 amide bonds. The van der Waals surface area contributed by atoms with Gasteiger partial charge in [-0.25, -0.2) is 0 Å². The minimum atomic E-state index is -0.387. The summed E-state index contributed by atoms with van der Waals surface area (Å²) in [5.74, 6) is 0.699. The number of carbonyl (C=O) groups is 2. The summed E-state index contributed by atoms with van der Waals surface area (Å²) in [5, 5.41) is 2.78. The molecule has 0 spiro atoms. The fourth-order valence-electron chi connectivity index (χ4n) is 3.05. The zero-order chi connectivity index (χ0) is 14.0. The Balaban J connectivity index is 2.13. The molecule has 0 aromatic rings. The minimum absolute atomic E-state index is 0.00606. The molecule has 4 nitrogen and oxygen atoms in total. The van der Waals surface area contributed by atoms with E-state index in [-0.39, 0.29) is 29.8 Å². The lowest BCUT2D eigenvalue weighted by atomic mass is 9.90. The van der Waals surface area contributed by atoms with E-state index in [1.165, 1.54) is 0 Å². The summed E-state index contributed by atoms with van der Waals surface area (Å²) >= 11 is 0. The molecule has 4 heteroatoms. The number of hydrogen-bond acceptors (Lipinski definition) is 2. The lowest BCUT2D eigenvalue weighted by molar-refractivity contribution is -0.151. The second kappa shape index (κ2) is 5.76. The van der Waals surface area contributed by atoms with Crippen molar-refractivity contribution in [3.63, 3.8) is 0 Å². The van der Waals surface area contributed by atoms with Crippen molar-refractivity contribution < 1.29 is 9.59 Å². The summed E-state index contributed by atoms with van der Waals surface area (Å²) < 4.78 is 0. The van der Waals surface area contributed by atoms with E-state index in [9.17, 15) is 9.59 Å². The molecule has 1 N–H and O–H groups in total. The summed E-state index contributed by atoms with van der Waals surface area (Å²) in [6.07, 6.45) is 7.60. The van der Waals surface area contributed by atoms with Gasteiger partial charge in [0.2, 0.25) is 11.8 Å². The molecule has 2 rings (SSSR count). The molecular weight excluding hydrogens is 240 g/mol. The number of piperazine rings is 1. The fraction of sp³-hybridized carbons (Fsp3) is 0.733. The third-order valence-corrected chi connectivity index (χ3v) is 4.08. The molecule has 0 aromatic heterocycles. The van der Waals surface area contributed by atoms with Crippen LogP contribution < -0.4 is 5.32 Å². The molecule has 0 saturated carbocycles. The van der Waals surface area contributed by atoms with E-state index in [4.69, 9.17) is 0 Å². The Morgan fingerprint density at radius 3 is 2.68 bits per heavy atom. The standard InChI is InChI=1S/C15H24N2O2/c1-10(2)13-14(18)16-11(3)15(19)17(13)9-12-7-5-4-6-8-12/h4-5,10-13H,6-9H2,1-3H3,(H,16,18). The maximum Gasteiger partial charge on any atom is 0.245 e. The molecular formula is C15H24N2O2. The first-order valence-electron chi connectivity index (χ1n) is 7.26. The van der Waals surface area contributed by atoms with Crippen LogP contribution in [0.25, 0.3) is 0 Å². The molecule has 106 valence electrons. The Morgan fingerprint density at radius 1 is 1.37 bits per heavy atom. The van der Waals surface area contributed by atoms with Crippen molar-refractivity contribution >= 4 is 11.8 Å². The Morgan fingerprint density at radius 2 is 2.11 bits per heavy atom. The van der Waals surface area contributed by atoms with Crippen LogP contribution in [0.2, 0.25) is 0 Å². The molecule has 0 aromatic carbocycles. The molecule has 1 aliphatic heterocycles. The molecule has 0 radical (unpaired) electrons. The molecule has 0 bridgehead atoms. The predicted octanol–water partition coefficient (Wildman–Crippen LogP) is 1.71. The van der Waals surface area contributed by atoms with Gasteiger partial charge in [0.1, 0.15) is 12.1 Å². The molecule has 3 unspecified atom stereocenters. The van der Waals surface area contributed by atoms with Gasteiger partial charge >= 0.3 is 0 Å². The normalized spacial score (nSPS) is 31.8. The first-order chi connectivity index (χ1) is 9.00. The zero-order valence-electron chi connectivity index (χ0n) is 12.1. The van der Waals surface area contributed by atoms with Gasteiger partial charge in [-0.15, -0.1) is 0 Å². The first kappa shape index (κ1) is 14.1. The maximum atomic E-state index is 12.4. The van der Waals surface area contributed by atoms with Crippen molar-refractivity contribution in [2.75, 3.05) is 6.54 Å². The van der Waals surface area contributed by atoms with Gasteiger partial charge in [0.05, 0.1) is 0 Å². The smallest absolute Gasteiger partial charge is 0.245 e. The number of carbonyl (C=O) groups excluding carboxylic acids is 2. The molecule has 2 aliphatic rings. The highest BCUT2D eigenvalue weighted by atomic mass is 16.2. The summed E-state index contributed by atoms with van der Waals surface area (Å²) in [7, 11) is 0. The first-order valence-corrected chi connectivity index (χ1v) is 7.26. The van der Waals surface area contributed by atoms with Gasteiger partial charge in [-0.1, -0.05) is 26.0 Å². The van der Waals surface area contributed by atoms with Crippen molar-refractivity contribution in [2.45, 2.75) is 52.1 Å². The Kier molecular flexibility index (Phi) is 4.27.